The van der Waals surface area contributed by atoms with Crippen LogP contribution >= 0.6 is 15.9 Å². The van der Waals surface area contributed by atoms with E-state index in [1.807, 2.05) is 24.3 Å². The summed E-state index contributed by atoms with van der Waals surface area (Å²) in [5.74, 6) is 0.534. The molecule has 1 aliphatic rings. The first-order valence-electron chi connectivity index (χ1n) is 7.33. The summed E-state index contributed by atoms with van der Waals surface area (Å²) in [6.07, 6.45) is 5.00. The molecule has 2 rings (SSSR count). The smallest absolute Gasteiger partial charge is 0.220 e. The highest BCUT2D eigenvalue weighted by atomic mass is 79.9. The molecule has 0 unspecified atom stereocenters. The molecule has 1 aliphatic carbocycles. The van der Waals surface area contributed by atoms with Crippen LogP contribution < -0.4 is 5.32 Å². The van der Waals surface area contributed by atoms with Crippen LogP contribution in [0.3, 0.4) is 0 Å². The van der Waals surface area contributed by atoms with Gasteiger partial charge in [0.2, 0.25) is 5.91 Å². The van der Waals surface area contributed by atoms with E-state index in [1.165, 1.54) is 0 Å². The molecular formula is C16H22BrNO2. The summed E-state index contributed by atoms with van der Waals surface area (Å²) in [5, 5.41) is 12.6. The fourth-order valence-electron chi connectivity index (χ4n) is 2.74. The van der Waals surface area contributed by atoms with Gasteiger partial charge in [-0.15, -0.1) is 0 Å². The molecule has 3 nitrogen and oxygen atoms in total. The van der Waals surface area contributed by atoms with Gasteiger partial charge in [-0.05, 0) is 43.2 Å². The van der Waals surface area contributed by atoms with Gasteiger partial charge in [-0.25, -0.2) is 0 Å². The Morgan fingerprint density at radius 2 is 2.15 bits per heavy atom. The lowest BCUT2D eigenvalue weighted by Gasteiger charge is -2.25. The largest absolute Gasteiger partial charge is 0.393 e. The van der Waals surface area contributed by atoms with Gasteiger partial charge < -0.3 is 10.4 Å². The zero-order chi connectivity index (χ0) is 14.4. The number of aliphatic hydroxyl groups excluding tert-OH is 1. The molecular weight excluding hydrogens is 318 g/mol. The van der Waals surface area contributed by atoms with Crippen LogP contribution in [0, 0.1) is 5.92 Å². The summed E-state index contributed by atoms with van der Waals surface area (Å²) in [5.41, 5.74) is 1.16. The van der Waals surface area contributed by atoms with Gasteiger partial charge in [0.05, 0.1) is 6.10 Å². The lowest BCUT2D eigenvalue weighted by molar-refractivity contribution is -0.121. The fraction of sp³-hybridized carbons (Fsp3) is 0.562. The number of carbonyl (C=O) groups is 1. The van der Waals surface area contributed by atoms with E-state index < -0.39 is 0 Å². The first kappa shape index (κ1) is 15.5. The normalized spacial score (nSPS) is 22.5. The van der Waals surface area contributed by atoms with Gasteiger partial charge in [-0.2, -0.15) is 0 Å². The zero-order valence-corrected chi connectivity index (χ0v) is 13.2. The lowest BCUT2D eigenvalue weighted by atomic mass is 9.87. The number of benzene rings is 1. The molecule has 0 saturated heterocycles. The summed E-state index contributed by atoms with van der Waals surface area (Å²) in [4.78, 5) is 11.9. The van der Waals surface area contributed by atoms with E-state index in [4.69, 9.17) is 0 Å². The lowest BCUT2D eigenvalue weighted by Crippen LogP contribution is -2.33. The van der Waals surface area contributed by atoms with Crippen molar-refractivity contribution in [2.45, 2.75) is 44.6 Å². The van der Waals surface area contributed by atoms with Crippen LogP contribution in [0.15, 0.2) is 28.7 Å². The Bertz CT molecular complexity index is 450. The van der Waals surface area contributed by atoms with Gasteiger partial charge in [0.15, 0.2) is 0 Å². The van der Waals surface area contributed by atoms with Crippen molar-refractivity contribution in [1.29, 1.82) is 0 Å². The molecule has 0 radical (unpaired) electrons. The predicted octanol–water partition coefficient (Wildman–Crippen LogP) is 3.05. The van der Waals surface area contributed by atoms with Crippen molar-refractivity contribution in [3.8, 4) is 0 Å². The Kier molecular flexibility index (Phi) is 6.05. The third-order valence-electron chi connectivity index (χ3n) is 3.92. The van der Waals surface area contributed by atoms with Crippen molar-refractivity contribution in [2.24, 2.45) is 5.92 Å². The van der Waals surface area contributed by atoms with Crippen molar-refractivity contribution in [3.63, 3.8) is 0 Å². The van der Waals surface area contributed by atoms with Gasteiger partial charge in [-0.3, -0.25) is 4.79 Å². The van der Waals surface area contributed by atoms with E-state index >= 15 is 0 Å². The Balaban J connectivity index is 1.69. The maximum atomic E-state index is 11.9. The summed E-state index contributed by atoms with van der Waals surface area (Å²) in [7, 11) is 0. The molecule has 0 heterocycles. The Morgan fingerprint density at radius 1 is 1.35 bits per heavy atom. The van der Waals surface area contributed by atoms with Crippen molar-refractivity contribution in [2.75, 3.05) is 6.54 Å². The third kappa shape index (κ3) is 4.91. The van der Waals surface area contributed by atoms with E-state index in [0.29, 0.717) is 18.9 Å². The quantitative estimate of drug-likeness (QED) is 0.866. The number of halogens is 1. The summed E-state index contributed by atoms with van der Waals surface area (Å²) >= 11 is 3.50. The predicted molar refractivity (Wildman–Crippen MR) is 83.4 cm³/mol. The number of aliphatic hydroxyl groups is 1. The second-order valence-electron chi connectivity index (χ2n) is 5.58. The molecule has 1 aromatic carbocycles. The topological polar surface area (TPSA) is 49.3 Å². The maximum absolute atomic E-state index is 11.9. The van der Waals surface area contributed by atoms with Gasteiger partial charge in [0.25, 0.3) is 0 Å². The highest BCUT2D eigenvalue weighted by molar-refractivity contribution is 9.10. The van der Waals surface area contributed by atoms with E-state index in [2.05, 4.69) is 21.2 Å². The molecule has 110 valence electrons. The molecule has 1 aromatic rings. The standard InChI is InChI=1S/C16H22BrNO2/c17-15-7-2-1-5-13(15)8-9-16(20)18-11-12-4-3-6-14(19)10-12/h1-2,5,7,12,14,19H,3-4,6,8-11H2,(H,18,20)/t12-,14+/m1/s1. The van der Waals surface area contributed by atoms with Crippen molar-refractivity contribution in [1.82, 2.24) is 5.32 Å². The van der Waals surface area contributed by atoms with Gasteiger partial charge in [0.1, 0.15) is 0 Å². The number of amides is 1. The fourth-order valence-corrected chi connectivity index (χ4v) is 3.23. The zero-order valence-electron chi connectivity index (χ0n) is 11.6. The molecule has 0 aromatic heterocycles. The molecule has 20 heavy (non-hydrogen) atoms. The highest BCUT2D eigenvalue weighted by Gasteiger charge is 2.20. The van der Waals surface area contributed by atoms with Crippen LogP contribution in [0.25, 0.3) is 0 Å². The van der Waals surface area contributed by atoms with Crippen LogP contribution in [0.4, 0.5) is 0 Å². The van der Waals surface area contributed by atoms with Crippen LogP contribution in [-0.2, 0) is 11.2 Å². The Labute approximate surface area is 128 Å². The van der Waals surface area contributed by atoms with Gasteiger partial charge >= 0.3 is 0 Å². The Hall–Kier alpha value is -0.870. The molecule has 0 spiro atoms. The van der Waals surface area contributed by atoms with Crippen LogP contribution in [0.1, 0.15) is 37.7 Å². The molecule has 2 atom stereocenters. The minimum absolute atomic E-state index is 0.0980. The minimum Gasteiger partial charge on any atom is -0.393 e. The summed E-state index contributed by atoms with van der Waals surface area (Å²) < 4.78 is 1.06. The van der Waals surface area contributed by atoms with E-state index in [-0.39, 0.29) is 12.0 Å². The van der Waals surface area contributed by atoms with E-state index in [9.17, 15) is 9.90 Å². The third-order valence-corrected chi connectivity index (χ3v) is 4.70. The van der Waals surface area contributed by atoms with Crippen molar-refractivity contribution < 1.29 is 9.90 Å². The average molecular weight is 340 g/mol. The van der Waals surface area contributed by atoms with Crippen molar-refractivity contribution in [3.05, 3.63) is 34.3 Å². The minimum atomic E-state index is -0.175. The van der Waals surface area contributed by atoms with Crippen LogP contribution in [0.5, 0.6) is 0 Å². The number of hydrogen-bond donors (Lipinski definition) is 2. The van der Waals surface area contributed by atoms with Crippen molar-refractivity contribution >= 4 is 21.8 Å². The molecule has 1 saturated carbocycles. The average Bonchev–Trinajstić information content (AvgIpc) is 2.44. The number of carbonyl (C=O) groups excluding carboxylic acids is 1. The second kappa shape index (κ2) is 7.79. The molecule has 2 N–H and O–H groups in total. The van der Waals surface area contributed by atoms with Gasteiger partial charge in [-0.1, -0.05) is 40.5 Å². The maximum Gasteiger partial charge on any atom is 0.220 e. The molecule has 1 fully saturated rings. The number of rotatable bonds is 5. The number of aryl methyl sites for hydroxylation is 1. The van der Waals surface area contributed by atoms with Crippen LogP contribution in [0.2, 0.25) is 0 Å². The molecule has 1 amide bonds. The number of nitrogens with one attached hydrogen (secondary N) is 1. The summed E-state index contributed by atoms with van der Waals surface area (Å²) in [6.45, 7) is 0.700. The molecule has 0 bridgehead atoms. The molecule has 4 heteroatoms. The SMILES string of the molecule is O=C(CCc1ccccc1Br)NC[C@@H]1CCC[C@H](O)C1. The monoisotopic (exact) mass is 339 g/mol. The first-order chi connectivity index (χ1) is 9.65. The second-order valence-corrected chi connectivity index (χ2v) is 6.44. The molecule has 0 aliphatic heterocycles. The van der Waals surface area contributed by atoms with Crippen LogP contribution in [-0.4, -0.2) is 23.7 Å². The summed E-state index contributed by atoms with van der Waals surface area (Å²) in [6, 6.07) is 8.00. The van der Waals surface area contributed by atoms with E-state index in [0.717, 1.165) is 42.1 Å². The Morgan fingerprint density at radius 3 is 2.90 bits per heavy atom. The number of hydrogen-bond acceptors (Lipinski definition) is 2. The highest BCUT2D eigenvalue weighted by Crippen LogP contribution is 2.23. The van der Waals surface area contributed by atoms with E-state index in [1.54, 1.807) is 0 Å². The van der Waals surface area contributed by atoms with Gasteiger partial charge in [0, 0.05) is 17.4 Å². The first-order valence-corrected chi connectivity index (χ1v) is 8.12.